The highest BCUT2D eigenvalue weighted by Gasteiger charge is 2.35. The van der Waals surface area contributed by atoms with E-state index < -0.39 is 11.9 Å². The number of nitriles is 1. The molecule has 1 aromatic carbocycles. The molecular weight excluding hydrogens is 324 g/mol. The fourth-order valence-corrected chi connectivity index (χ4v) is 3.38. The lowest BCUT2D eigenvalue weighted by Crippen LogP contribution is -2.29. The van der Waals surface area contributed by atoms with Crippen LogP contribution in [0.4, 0.5) is 0 Å². The number of carbonyl (C=O) groups excluding carboxylic acids is 1. The summed E-state index contributed by atoms with van der Waals surface area (Å²) in [5.74, 6) is -0.437. The van der Waals surface area contributed by atoms with Crippen molar-refractivity contribution in [3.05, 3.63) is 57.8 Å². The minimum atomic E-state index is -0.448. The van der Waals surface area contributed by atoms with E-state index in [1.54, 1.807) is 14.0 Å². The monoisotopic (exact) mass is 344 g/mol. The molecular formula is C18H20N2O3S. The molecule has 1 N–H and O–H groups in total. The lowest BCUT2D eigenvalue weighted by molar-refractivity contribution is -0.138. The van der Waals surface area contributed by atoms with E-state index in [2.05, 4.69) is 11.4 Å². The van der Waals surface area contributed by atoms with Crippen molar-refractivity contribution in [2.75, 3.05) is 19.7 Å². The van der Waals surface area contributed by atoms with Crippen LogP contribution in [0.25, 0.3) is 0 Å². The number of hydrogen-bond donors (Lipinski definition) is 1. The van der Waals surface area contributed by atoms with Crippen molar-refractivity contribution in [2.45, 2.75) is 19.8 Å². The quantitative estimate of drug-likeness (QED) is 0.631. The SMILES string of the molecule is CCOC(=O)C1=C(C)NC(SCOC)=C(C#N)C1c1ccccc1. The molecule has 0 fully saturated rings. The Labute approximate surface area is 146 Å². The van der Waals surface area contributed by atoms with Gasteiger partial charge in [0.25, 0.3) is 0 Å². The molecule has 1 aromatic rings. The van der Waals surface area contributed by atoms with Gasteiger partial charge in [0.05, 0.1) is 40.7 Å². The van der Waals surface area contributed by atoms with Gasteiger partial charge in [-0.3, -0.25) is 0 Å². The van der Waals surface area contributed by atoms with E-state index in [1.807, 2.05) is 37.3 Å². The standard InChI is InChI=1S/C18H20N2O3S/c1-4-23-18(21)15-12(2)20-17(24-11-22-3)14(10-19)16(15)13-8-6-5-7-9-13/h5-9,16,20H,4,11H2,1-3H3. The molecule has 1 unspecified atom stereocenters. The highest BCUT2D eigenvalue weighted by molar-refractivity contribution is 8.02. The zero-order chi connectivity index (χ0) is 17.5. The van der Waals surface area contributed by atoms with Crippen molar-refractivity contribution < 1.29 is 14.3 Å². The summed E-state index contributed by atoms with van der Waals surface area (Å²) in [6.45, 7) is 3.88. The average Bonchev–Trinajstić information content (AvgIpc) is 2.60. The van der Waals surface area contributed by atoms with Gasteiger partial charge < -0.3 is 14.8 Å². The molecule has 24 heavy (non-hydrogen) atoms. The van der Waals surface area contributed by atoms with Crippen LogP contribution in [0.3, 0.4) is 0 Å². The first-order chi connectivity index (χ1) is 11.6. The van der Waals surface area contributed by atoms with Crippen molar-refractivity contribution >= 4 is 17.7 Å². The Bertz CT molecular complexity index is 705. The maximum Gasteiger partial charge on any atom is 0.336 e. The molecule has 1 aliphatic rings. The van der Waals surface area contributed by atoms with E-state index in [0.717, 1.165) is 5.56 Å². The van der Waals surface area contributed by atoms with E-state index in [4.69, 9.17) is 9.47 Å². The Morgan fingerprint density at radius 3 is 2.67 bits per heavy atom. The molecule has 0 saturated heterocycles. The second-order valence-corrected chi connectivity index (χ2v) is 6.07. The Kier molecular flexibility index (Phi) is 6.47. The van der Waals surface area contributed by atoms with E-state index in [1.165, 1.54) is 11.8 Å². The predicted molar refractivity (Wildman–Crippen MR) is 93.8 cm³/mol. The molecule has 0 spiro atoms. The molecule has 1 atom stereocenters. The van der Waals surface area contributed by atoms with Crippen LogP contribution in [-0.4, -0.2) is 25.6 Å². The van der Waals surface area contributed by atoms with Crippen molar-refractivity contribution in [1.29, 1.82) is 5.26 Å². The molecule has 1 heterocycles. The number of thioether (sulfide) groups is 1. The number of nitrogens with one attached hydrogen (secondary N) is 1. The highest BCUT2D eigenvalue weighted by atomic mass is 32.2. The summed E-state index contributed by atoms with van der Waals surface area (Å²) in [7, 11) is 1.60. The largest absolute Gasteiger partial charge is 0.463 e. The van der Waals surface area contributed by atoms with Gasteiger partial charge in [-0.15, -0.1) is 0 Å². The van der Waals surface area contributed by atoms with Crippen LogP contribution >= 0.6 is 11.8 Å². The number of esters is 1. The summed E-state index contributed by atoms with van der Waals surface area (Å²) in [6.07, 6.45) is 0. The van der Waals surface area contributed by atoms with Gasteiger partial charge in [0.15, 0.2) is 0 Å². The van der Waals surface area contributed by atoms with Gasteiger partial charge in [-0.05, 0) is 19.4 Å². The van der Waals surface area contributed by atoms with Gasteiger partial charge in [-0.25, -0.2) is 4.79 Å². The van der Waals surface area contributed by atoms with Crippen LogP contribution in [0.1, 0.15) is 25.3 Å². The minimum Gasteiger partial charge on any atom is -0.463 e. The molecule has 0 radical (unpaired) electrons. The lowest BCUT2D eigenvalue weighted by Gasteiger charge is -2.29. The first kappa shape index (κ1) is 18.1. The molecule has 0 aliphatic carbocycles. The second kappa shape index (κ2) is 8.57. The van der Waals surface area contributed by atoms with Crippen LogP contribution in [0.15, 0.2) is 52.2 Å². The second-order valence-electron chi connectivity index (χ2n) is 5.13. The van der Waals surface area contributed by atoms with Crippen LogP contribution in [0.2, 0.25) is 0 Å². The van der Waals surface area contributed by atoms with Crippen LogP contribution in [0.5, 0.6) is 0 Å². The van der Waals surface area contributed by atoms with E-state index in [-0.39, 0.29) is 6.61 Å². The Balaban J connectivity index is 2.55. The summed E-state index contributed by atoms with van der Waals surface area (Å²) in [5.41, 5.74) is 2.55. The zero-order valence-electron chi connectivity index (χ0n) is 14.0. The predicted octanol–water partition coefficient (Wildman–Crippen LogP) is 3.28. The molecule has 0 bridgehead atoms. The van der Waals surface area contributed by atoms with Crippen molar-refractivity contribution in [3.63, 3.8) is 0 Å². The number of rotatable bonds is 6. The lowest BCUT2D eigenvalue weighted by atomic mass is 9.82. The number of carbonyl (C=O) groups is 1. The number of methoxy groups -OCH3 is 1. The maximum absolute atomic E-state index is 12.5. The fraction of sp³-hybridized carbons (Fsp3) is 0.333. The van der Waals surface area contributed by atoms with Gasteiger partial charge in [0, 0.05) is 12.8 Å². The number of hydrogen-bond acceptors (Lipinski definition) is 6. The van der Waals surface area contributed by atoms with E-state index in [0.29, 0.717) is 27.8 Å². The smallest absolute Gasteiger partial charge is 0.336 e. The van der Waals surface area contributed by atoms with Gasteiger partial charge in [-0.2, -0.15) is 5.26 Å². The maximum atomic E-state index is 12.5. The summed E-state index contributed by atoms with van der Waals surface area (Å²) >= 11 is 1.40. The highest BCUT2D eigenvalue weighted by Crippen LogP contribution is 2.40. The molecule has 6 heteroatoms. The number of dihydropyridines is 1. The third-order valence-electron chi connectivity index (χ3n) is 3.60. The zero-order valence-corrected chi connectivity index (χ0v) is 14.8. The summed E-state index contributed by atoms with van der Waals surface area (Å²) in [5, 5.41) is 13.6. The third kappa shape index (κ3) is 3.81. The van der Waals surface area contributed by atoms with Crippen LogP contribution < -0.4 is 5.32 Å². The van der Waals surface area contributed by atoms with Crippen LogP contribution in [0, 0.1) is 11.3 Å². The molecule has 0 amide bonds. The molecule has 5 nitrogen and oxygen atoms in total. The molecule has 0 aromatic heterocycles. The van der Waals surface area contributed by atoms with Crippen molar-refractivity contribution in [2.24, 2.45) is 0 Å². The van der Waals surface area contributed by atoms with Crippen molar-refractivity contribution in [1.82, 2.24) is 5.32 Å². The summed E-state index contributed by atoms with van der Waals surface area (Å²) in [4.78, 5) is 12.5. The minimum absolute atomic E-state index is 0.286. The van der Waals surface area contributed by atoms with Gasteiger partial charge >= 0.3 is 5.97 Å². The van der Waals surface area contributed by atoms with Crippen molar-refractivity contribution in [3.8, 4) is 6.07 Å². The topological polar surface area (TPSA) is 71.3 Å². The van der Waals surface area contributed by atoms with Gasteiger partial charge in [-0.1, -0.05) is 42.1 Å². The molecule has 1 aliphatic heterocycles. The first-order valence-electron chi connectivity index (χ1n) is 7.59. The Morgan fingerprint density at radius 1 is 1.38 bits per heavy atom. The number of benzene rings is 1. The fourth-order valence-electron chi connectivity index (χ4n) is 2.60. The number of allylic oxidation sites excluding steroid dienone is 2. The van der Waals surface area contributed by atoms with E-state index in [9.17, 15) is 10.1 Å². The summed E-state index contributed by atoms with van der Waals surface area (Å²) in [6, 6.07) is 11.8. The van der Waals surface area contributed by atoms with Gasteiger partial charge in [0.1, 0.15) is 0 Å². The molecule has 0 saturated carbocycles. The first-order valence-corrected chi connectivity index (χ1v) is 8.58. The molecule has 2 rings (SSSR count). The molecule has 126 valence electrons. The normalized spacial score (nSPS) is 17.3. The Morgan fingerprint density at radius 2 is 2.08 bits per heavy atom. The number of nitrogens with zero attached hydrogens (tertiary/aromatic N) is 1. The van der Waals surface area contributed by atoms with Gasteiger partial charge in [0.2, 0.25) is 0 Å². The summed E-state index contributed by atoms with van der Waals surface area (Å²) < 4.78 is 10.3. The third-order valence-corrected chi connectivity index (χ3v) is 4.56. The van der Waals surface area contributed by atoms with E-state index >= 15 is 0 Å². The number of ether oxygens (including phenoxy) is 2. The Hall–Kier alpha value is -2.23. The average molecular weight is 344 g/mol. The van der Waals surface area contributed by atoms with Crippen LogP contribution in [-0.2, 0) is 14.3 Å².